The lowest BCUT2D eigenvalue weighted by Crippen LogP contribution is -2.29. The molecule has 0 aromatic heterocycles. The Kier molecular flexibility index (Phi) is 4.35. The first-order chi connectivity index (χ1) is 7.06. The van der Waals surface area contributed by atoms with E-state index in [1.165, 1.54) is 18.2 Å². The van der Waals surface area contributed by atoms with Gasteiger partial charge in [0.2, 0.25) is 0 Å². The summed E-state index contributed by atoms with van der Waals surface area (Å²) in [7, 11) is 1.68. The predicted molar refractivity (Wildman–Crippen MR) is 58.0 cm³/mol. The van der Waals surface area contributed by atoms with Gasteiger partial charge in [0.1, 0.15) is 11.9 Å². The van der Waals surface area contributed by atoms with Crippen molar-refractivity contribution in [2.45, 2.75) is 12.2 Å². The lowest BCUT2D eigenvalue weighted by Gasteiger charge is -2.18. The fraction of sp³-hybridized carbons (Fsp3) is 0.400. The Morgan fingerprint density at radius 2 is 2.07 bits per heavy atom. The van der Waals surface area contributed by atoms with Gasteiger partial charge in [-0.3, -0.25) is 0 Å². The first-order valence-corrected chi connectivity index (χ1v) is 4.93. The summed E-state index contributed by atoms with van der Waals surface area (Å²) in [6.45, 7) is 0.277. The summed E-state index contributed by atoms with van der Waals surface area (Å²) in [6, 6.07) is 4.33. The first-order valence-electron chi connectivity index (χ1n) is 4.55. The van der Waals surface area contributed by atoms with Crippen LogP contribution in [-0.4, -0.2) is 35.0 Å². The molecule has 0 fully saturated rings. The Balaban J connectivity index is 2.81. The molecule has 5 heteroatoms. The number of aliphatic hydroxyl groups is 2. The SMILES string of the molecule is CNCC(O)C(O)c1ccc(O)c(Cl)c1. The highest BCUT2D eigenvalue weighted by Gasteiger charge is 2.18. The highest BCUT2D eigenvalue weighted by molar-refractivity contribution is 6.32. The smallest absolute Gasteiger partial charge is 0.134 e. The van der Waals surface area contributed by atoms with Crippen LogP contribution in [0.15, 0.2) is 18.2 Å². The standard InChI is InChI=1S/C10H14ClNO3/c1-12-5-9(14)10(15)6-2-3-8(13)7(11)4-6/h2-4,9-10,12-15H,5H2,1H3. The Morgan fingerprint density at radius 3 is 2.60 bits per heavy atom. The maximum Gasteiger partial charge on any atom is 0.134 e. The van der Waals surface area contributed by atoms with Gasteiger partial charge in [-0.05, 0) is 24.7 Å². The Hall–Kier alpha value is -0.810. The number of likely N-dealkylation sites (N-methyl/N-ethyl adjacent to an activating group) is 1. The second kappa shape index (κ2) is 5.32. The number of nitrogens with one attached hydrogen (secondary N) is 1. The molecule has 15 heavy (non-hydrogen) atoms. The van der Waals surface area contributed by atoms with E-state index in [-0.39, 0.29) is 17.3 Å². The lowest BCUT2D eigenvalue weighted by molar-refractivity contribution is 0.0202. The van der Waals surface area contributed by atoms with Crippen LogP contribution in [0.25, 0.3) is 0 Å². The molecule has 4 N–H and O–H groups in total. The number of rotatable bonds is 4. The van der Waals surface area contributed by atoms with E-state index >= 15 is 0 Å². The number of aliphatic hydroxyl groups excluding tert-OH is 2. The molecule has 4 nitrogen and oxygen atoms in total. The van der Waals surface area contributed by atoms with E-state index in [4.69, 9.17) is 11.6 Å². The molecule has 0 spiro atoms. The summed E-state index contributed by atoms with van der Waals surface area (Å²) in [5.41, 5.74) is 0.473. The maximum absolute atomic E-state index is 9.71. The molecule has 0 saturated heterocycles. The largest absolute Gasteiger partial charge is 0.506 e. The minimum atomic E-state index is -1.02. The molecule has 0 aliphatic carbocycles. The zero-order valence-corrected chi connectivity index (χ0v) is 9.07. The van der Waals surface area contributed by atoms with Gasteiger partial charge in [-0.15, -0.1) is 0 Å². The number of halogens is 1. The van der Waals surface area contributed by atoms with Crippen LogP contribution in [0.3, 0.4) is 0 Å². The van der Waals surface area contributed by atoms with E-state index in [9.17, 15) is 15.3 Å². The maximum atomic E-state index is 9.71. The molecule has 0 aliphatic heterocycles. The van der Waals surface area contributed by atoms with Crippen LogP contribution in [0.5, 0.6) is 5.75 Å². The van der Waals surface area contributed by atoms with Gasteiger partial charge in [-0.25, -0.2) is 0 Å². The van der Waals surface area contributed by atoms with Gasteiger partial charge < -0.3 is 20.6 Å². The number of hydrogen-bond acceptors (Lipinski definition) is 4. The molecule has 2 unspecified atom stereocenters. The van der Waals surface area contributed by atoms with Crippen molar-refractivity contribution in [1.82, 2.24) is 5.32 Å². The molecule has 0 bridgehead atoms. The molecule has 0 aliphatic rings. The van der Waals surface area contributed by atoms with E-state index in [1.807, 2.05) is 0 Å². The van der Waals surface area contributed by atoms with E-state index in [0.29, 0.717) is 5.56 Å². The van der Waals surface area contributed by atoms with Crippen LogP contribution >= 0.6 is 11.6 Å². The summed E-state index contributed by atoms with van der Waals surface area (Å²) in [5, 5.41) is 31.3. The molecule has 0 amide bonds. The molecule has 0 saturated carbocycles. The predicted octanol–water partition coefficient (Wildman–Crippen LogP) is 0.659. The fourth-order valence-corrected chi connectivity index (χ4v) is 1.44. The van der Waals surface area contributed by atoms with E-state index < -0.39 is 12.2 Å². The molecular formula is C10H14ClNO3. The fourth-order valence-electron chi connectivity index (χ4n) is 1.25. The molecular weight excluding hydrogens is 218 g/mol. The second-order valence-corrected chi connectivity index (χ2v) is 3.69. The second-order valence-electron chi connectivity index (χ2n) is 3.28. The summed E-state index contributed by atoms with van der Waals surface area (Å²) in [4.78, 5) is 0. The monoisotopic (exact) mass is 231 g/mol. The van der Waals surface area contributed by atoms with Crippen LogP contribution in [0.1, 0.15) is 11.7 Å². The van der Waals surface area contributed by atoms with Gasteiger partial charge in [0.05, 0.1) is 11.1 Å². The normalized spacial score (nSPS) is 14.9. The van der Waals surface area contributed by atoms with Crippen molar-refractivity contribution in [3.63, 3.8) is 0 Å². The van der Waals surface area contributed by atoms with Gasteiger partial charge in [0.15, 0.2) is 0 Å². The van der Waals surface area contributed by atoms with Crippen molar-refractivity contribution in [3.8, 4) is 5.75 Å². The van der Waals surface area contributed by atoms with Crippen LogP contribution in [0.4, 0.5) is 0 Å². The lowest BCUT2D eigenvalue weighted by atomic mass is 10.0. The van der Waals surface area contributed by atoms with Crippen molar-refractivity contribution in [3.05, 3.63) is 28.8 Å². The Morgan fingerprint density at radius 1 is 1.40 bits per heavy atom. The highest BCUT2D eigenvalue weighted by atomic mass is 35.5. The number of phenols is 1. The van der Waals surface area contributed by atoms with Gasteiger partial charge in [0.25, 0.3) is 0 Å². The topological polar surface area (TPSA) is 72.7 Å². The average molecular weight is 232 g/mol. The van der Waals surface area contributed by atoms with Crippen LogP contribution in [-0.2, 0) is 0 Å². The third kappa shape index (κ3) is 3.07. The molecule has 1 aromatic rings. The molecule has 0 heterocycles. The minimum Gasteiger partial charge on any atom is -0.506 e. The third-order valence-electron chi connectivity index (χ3n) is 2.09. The minimum absolute atomic E-state index is 0.0456. The van der Waals surface area contributed by atoms with Crippen molar-refractivity contribution in [2.24, 2.45) is 0 Å². The first kappa shape index (κ1) is 12.3. The van der Waals surface area contributed by atoms with Crippen LogP contribution in [0.2, 0.25) is 5.02 Å². The summed E-state index contributed by atoms with van der Waals surface area (Å²) in [5.74, 6) is -0.0456. The molecule has 1 aromatic carbocycles. The highest BCUT2D eigenvalue weighted by Crippen LogP contribution is 2.27. The third-order valence-corrected chi connectivity index (χ3v) is 2.39. The van der Waals surface area contributed by atoms with Gasteiger partial charge in [0, 0.05) is 6.54 Å². The number of benzene rings is 1. The summed E-state index contributed by atoms with van der Waals surface area (Å²) >= 11 is 5.68. The molecule has 1 rings (SSSR count). The van der Waals surface area contributed by atoms with E-state index in [2.05, 4.69) is 5.32 Å². The Bertz CT molecular complexity index is 332. The van der Waals surface area contributed by atoms with Gasteiger partial charge >= 0.3 is 0 Å². The van der Waals surface area contributed by atoms with E-state index in [0.717, 1.165) is 0 Å². The van der Waals surface area contributed by atoms with Crippen molar-refractivity contribution in [1.29, 1.82) is 0 Å². The van der Waals surface area contributed by atoms with Crippen LogP contribution in [0, 0.1) is 0 Å². The van der Waals surface area contributed by atoms with Crippen LogP contribution < -0.4 is 5.32 Å². The van der Waals surface area contributed by atoms with Crippen molar-refractivity contribution >= 4 is 11.6 Å². The van der Waals surface area contributed by atoms with Gasteiger partial charge in [-0.1, -0.05) is 17.7 Å². The average Bonchev–Trinajstić information content (AvgIpc) is 2.21. The molecule has 2 atom stereocenters. The Labute approximate surface area is 93.1 Å². The van der Waals surface area contributed by atoms with E-state index in [1.54, 1.807) is 7.05 Å². The summed E-state index contributed by atoms with van der Waals surface area (Å²) < 4.78 is 0. The number of phenolic OH excluding ortho intramolecular Hbond substituents is 1. The number of aromatic hydroxyl groups is 1. The molecule has 0 radical (unpaired) electrons. The number of hydrogen-bond donors (Lipinski definition) is 4. The van der Waals surface area contributed by atoms with Gasteiger partial charge in [-0.2, -0.15) is 0 Å². The zero-order valence-electron chi connectivity index (χ0n) is 8.31. The zero-order chi connectivity index (χ0) is 11.4. The molecule has 84 valence electrons. The summed E-state index contributed by atoms with van der Waals surface area (Å²) in [6.07, 6.45) is -1.92. The van der Waals surface area contributed by atoms with Crippen molar-refractivity contribution < 1.29 is 15.3 Å². The van der Waals surface area contributed by atoms with Crippen molar-refractivity contribution in [2.75, 3.05) is 13.6 Å². The quantitative estimate of drug-likeness (QED) is 0.614.